The lowest BCUT2D eigenvalue weighted by atomic mass is 9.88. The first-order valence-electron chi connectivity index (χ1n) is 5.75. The molecule has 1 N–H and O–H groups in total. The molecule has 0 aromatic heterocycles. The first kappa shape index (κ1) is 13.9. The Morgan fingerprint density at radius 1 is 1.29 bits per heavy atom. The molecule has 2 nitrogen and oxygen atoms in total. The molecule has 86 valence electrons. The molecule has 0 aliphatic heterocycles. The Hall–Kier alpha value is -0.0800. The van der Waals surface area contributed by atoms with Crippen LogP contribution in [0.3, 0.4) is 0 Å². The van der Waals surface area contributed by atoms with Crippen molar-refractivity contribution in [2.45, 2.75) is 59.1 Å². The van der Waals surface area contributed by atoms with E-state index in [4.69, 9.17) is 4.74 Å². The molecule has 2 atom stereocenters. The van der Waals surface area contributed by atoms with E-state index in [1.807, 2.05) is 0 Å². The molecule has 0 saturated carbocycles. The van der Waals surface area contributed by atoms with Gasteiger partial charge in [-0.05, 0) is 39.2 Å². The van der Waals surface area contributed by atoms with Gasteiger partial charge in [0.05, 0.1) is 5.60 Å². The monoisotopic (exact) mass is 201 g/mol. The van der Waals surface area contributed by atoms with E-state index < -0.39 is 0 Å². The van der Waals surface area contributed by atoms with E-state index in [0.29, 0.717) is 12.0 Å². The normalized spacial score (nSPS) is 16.7. The minimum Gasteiger partial charge on any atom is -0.379 e. The number of methoxy groups -OCH3 is 1. The highest BCUT2D eigenvalue weighted by Gasteiger charge is 2.24. The van der Waals surface area contributed by atoms with E-state index in [9.17, 15) is 0 Å². The third kappa shape index (κ3) is 4.97. The van der Waals surface area contributed by atoms with Crippen molar-refractivity contribution in [2.24, 2.45) is 5.92 Å². The zero-order chi connectivity index (χ0) is 11.2. The molecule has 0 fully saturated rings. The molecule has 2 unspecified atom stereocenters. The van der Waals surface area contributed by atoms with Gasteiger partial charge in [0.15, 0.2) is 0 Å². The van der Waals surface area contributed by atoms with Crippen molar-refractivity contribution in [2.75, 3.05) is 13.7 Å². The predicted molar refractivity (Wildman–Crippen MR) is 62.6 cm³/mol. The van der Waals surface area contributed by atoms with Crippen LogP contribution < -0.4 is 5.32 Å². The summed E-state index contributed by atoms with van der Waals surface area (Å²) in [6.45, 7) is 12.1. The van der Waals surface area contributed by atoms with Crippen molar-refractivity contribution >= 4 is 0 Å². The maximum Gasteiger partial charge on any atom is 0.0625 e. The van der Waals surface area contributed by atoms with Gasteiger partial charge >= 0.3 is 0 Å². The zero-order valence-corrected chi connectivity index (χ0v) is 10.7. The topological polar surface area (TPSA) is 21.3 Å². The molecular weight excluding hydrogens is 174 g/mol. The third-order valence-electron chi connectivity index (χ3n) is 2.96. The molecule has 14 heavy (non-hydrogen) atoms. The summed E-state index contributed by atoms with van der Waals surface area (Å²) in [5.41, 5.74) is 0.00224. The van der Waals surface area contributed by atoms with Gasteiger partial charge in [0.25, 0.3) is 0 Å². The van der Waals surface area contributed by atoms with Gasteiger partial charge in [-0.1, -0.05) is 20.8 Å². The summed E-state index contributed by atoms with van der Waals surface area (Å²) in [5.74, 6) is 0.662. The van der Waals surface area contributed by atoms with Crippen molar-refractivity contribution < 1.29 is 4.74 Å². The van der Waals surface area contributed by atoms with E-state index in [1.54, 1.807) is 7.11 Å². The summed E-state index contributed by atoms with van der Waals surface area (Å²) < 4.78 is 5.45. The summed E-state index contributed by atoms with van der Waals surface area (Å²) in [5, 5.41) is 3.52. The van der Waals surface area contributed by atoms with Gasteiger partial charge in [-0.3, -0.25) is 0 Å². The molecule has 0 rings (SSSR count). The van der Waals surface area contributed by atoms with Crippen LogP contribution >= 0.6 is 0 Å². The lowest BCUT2D eigenvalue weighted by Crippen LogP contribution is -2.38. The van der Waals surface area contributed by atoms with Crippen LogP contribution in [0.25, 0.3) is 0 Å². The average molecular weight is 201 g/mol. The van der Waals surface area contributed by atoms with Crippen LogP contribution in [0.1, 0.15) is 47.5 Å². The molecule has 0 saturated heterocycles. The Morgan fingerprint density at radius 2 is 1.86 bits per heavy atom. The van der Waals surface area contributed by atoms with Crippen LogP contribution in [0.5, 0.6) is 0 Å². The van der Waals surface area contributed by atoms with Gasteiger partial charge in [0.2, 0.25) is 0 Å². The molecule has 0 spiro atoms. The van der Waals surface area contributed by atoms with Gasteiger partial charge < -0.3 is 10.1 Å². The Morgan fingerprint density at radius 3 is 2.21 bits per heavy atom. The van der Waals surface area contributed by atoms with Crippen molar-refractivity contribution in [1.29, 1.82) is 0 Å². The summed E-state index contributed by atoms with van der Waals surface area (Å²) in [4.78, 5) is 0. The number of ether oxygens (including phenoxy) is 1. The van der Waals surface area contributed by atoms with Gasteiger partial charge in [-0.2, -0.15) is 0 Å². The minimum atomic E-state index is 0.00224. The quantitative estimate of drug-likeness (QED) is 0.684. The van der Waals surface area contributed by atoms with Crippen LogP contribution in [0, 0.1) is 5.92 Å². The lowest BCUT2D eigenvalue weighted by Gasteiger charge is -2.31. The van der Waals surface area contributed by atoms with Crippen LogP contribution in [-0.2, 0) is 4.74 Å². The standard InChI is InChI=1S/C12H27NO/c1-7-11(13-8-2)10(3)9-12(4,5)14-6/h10-11,13H,7-9H2,1-6H3. The predicted octanol–water partition coefficient (Wildman–Crippen LogP) is 2.83. The minimum absolute atomic E-state index is 0.00224. The molecule has 0 radical (unpaired) electrons. The van der Waals surface area contributed by atoms with Gasteiger partial charge in [-0.25, -0.2) is 0 Å². The average Bonchev–Trinajstić information content (AvgIpc) is 2.13. The fourth-order valence-corrected chi connectivity index (χ4v) is 2.01. The smallest absolute Gasteiger partial charge is 0.0625 e. The van der Waals surface area contributed by atoms with Crippen molar-refractivity contribution in [1.82, 2.24) is 5.32 Å². The van der Waals surface area contributed by atoms with Crippen LogP contribution in [-0.4, -0.2) is 25.3 Å². The molecule has 2 heteroatoms. The highest BCUT2D eigenvalue weighted by molar-refractivity contribution is 4.79. The maximum atomic E-state index is 5.45. The fraction of sp³-hybridized carbons (Fsp3) is 1.00. The molecule has 0 aliphatic carbocycles. The molecule has 0 heterocycles. The highest BCUT2D eigenvalue weighted by atomic mass is 16.5. The fourth-order valence-electron chi connectivity index (χ4n) is 2.01. The second-order valence-electron chi connectivity index (χ2n) is 4.72. The summed E-state index contributed by atoms with van der Waals surface area (Å²) in [6, 6.07) is 0.620. The SMILES string of the molecule is CCNC(CC)C(C)CC(C)(C)OC. The molecular formula is C12H27NO. The lowest BCUT2D eigenvalue weighted by molar-refractivity contribution is -0.000431. The first-order valence-corrected chi connectivity index (χ1v) is 5.75. The van der Waals surface area contributed by atoms with Crippen molar-refractivity contribution in [3.63, 3.8) is 0 Å². The van der Waals surface area contributed by atoms with Gasteiger partial charge in [0.1, 0.15) is 0 Å². The number of nitrogens with one attached hydrogen (secondary N) is 1. The Balaban J connectivity index is 4.09. The molecule has 0 bridgehead atoms. The van der Waals surface area contributed by atoms with E-state index in [0.717, 1.165) is 13.0 Å². The first-order chi connectivity index (χ1) is 6.46. The van der Waals surface area contributed by atoms with Gasteiger partial charge in [-0.15, -0.1) is 0 Å². The Labute approximate surface area is 89.4 Å². The van der Waals surface area contributed by atoms with Crippen molar-refractivity contribution in [3.8, 4) is 0 Å². The third-order valence-corrected chi connectivity index (χ3v) is 2.96. The molecule has 0 amide bonds. The second kappa shape index (κ2) is 6.41. The van der Waals surface area contributed by atoms with Crippen LogP contribution in [0.2, 0.25) is 0 Å². The Kier molecular flexibility index (Phi) is 6.38. The van der Waals surface area contributed by atoms with Crippen LogP contribution in [0.15, 0.2) is 0 Å². The Bertz CT molecular complexity index is 145. The van der Waals surface area contributed by atoms with E-state index in [1.165, 1.54) is 6.42 Å². The number of hydrogen-bond acceptors (Lipinski definition) is 2. The van der Waals surface area contributed by atoms with Crippen molar-refractivity contribution in [3.05, 3.63) is 0 Å². The summed E-state index contributed by atoms with van der Waals surface area (Å²) in [7, 11) is 1.79. The second-order valence-corrected chi connectivity index (χ2v) is 4.72. The number of rotatable bonds is 7. The van der Waals surface area contributed by atoms with E-state index in [2.05, 4.69) is 39.9 Å². The van der Waals surface area contributed by atoms with Gasteiger partial charge in [0, 0.05) is 13.2 Å². The number of hydrogen-bond donors (Lipinski definition) is 1. The molecule has 0 aromatic carbocycles. The van der Waals surface area contributed by atoms with E-state index >= 15 is 0 Å². The highest BCUT2D eigenvalue weighted by Crippen LogP contribution is 2.22. The summed E-state index contributed by atoms with van der Waals surface area (Å²) >= 11 is 0. The van der Waals surface area contributed by atoms with Crippen LogP contribution in [0.4, 0.5) is 0 Å². The van der Waals surface area contributed by atoms with E-state index in [-0.39, 0.29) is 5.60 Å². The summed E-state index contributed by atoms with van der Waals surface area (Å²) in [6.07, 6.45) is 2.30. The zero-order valence-electron chi connectivity index (χ0n) is 10.7. The largest absolute Gasteiger partial charge is 0.379 e. The molecule has 0 aromatic rings. The molecule has 0 aliphatic rings. The maximum absolute atomic E-state index is 5.45.